The van der Waals surface area contributed by atoms with Crippen LogP contribution < -0.4 is 9.62 Å². The van der Waals surface area contributed by atoms with Crippen LogP contribution in [0.15, 0.2) is 36.4 Å². The van der Waals surface area contributed by atoms with Gasteiger partial charge in [-0.05, 0) is 50.1 Å². The van der Waals surface area contributed by atoms with E-state index in [0.29, 0.717) is 15.6 Å². The lowest BCUT2D eigenvalue weighted by Crippen LogP contribution is -2.53. The van der Waals surface area contributed by atoms with Crippen molar-refractivity contribution in [3.8, 4) is 0 Å². The van der Waals surface area contributed by atoms with Gasteiger partial charge in [-0.2, -0.15) is 0 Å². The Bertz CT molecular complexity index is 1230. The molecule has 2 aromatic carbocycles. The van der Waals surface area contributed by atoms with E-state index in [1.807, 2.05) is 0 Å². The molecule has 0 radical (unpaired) electrons. The van der Waals surface area contributed by atoms with E-state index < -0.39 is 28.5 Å². The van der Waals surface area contributed by atoms with Gasteiger partial charge in [0, 0.05) is 28.2 Å². The van der Waals surface area contributed by atoms with Gasteiger partial charge in [-0.1, -0.05) is 71.7 Å². The fraction of sp³-hybridized carbons (Fsp3) is 0.440. The molecule has 0 spiro atoms. The molecule has 1 aliphatic carbocycles. The van der Waals surface area contributed by atoms with E-state index >= 15 is 0 Å². The number of rotatable bonds is 9. The molecule has 7 nitrogen and oxygen atoms in total. The van der Waals surface area contributed by atoms with Gasteiger partial charge in [-0.15, -0.1) is 0 Å². The highest BCUT2D eigenvalue weighted by Gasteiger charge is 2.32. The first-order valence-corrected chi connectivity index (χ1v) is 15.2. The molecule has 1 N–H and O–H groups in total. The molecule has 202 valence electrons. The number of benzene rings is 2. The van der Waals surface area contributed by atoms with E-state index in [1.54, 1.807) is 25.1 Å². The zero-order valence-corrected chi connectivity index (χ0v) is 24.4. The topological polar surface area (TPSA) is 86.8 Å². The molecule has 0 aliphatic heterocycles. The molecular weight excluding hydrogens is 580 g/mol. The Morgan fingerprint density at radius 1 is 0.973 bits per heavy atom. The number of hydrogen-bond acceptors (Lipinski definition) is 4. The van der Waals surface area contributed by atoms with Gasteiger partial charge in [0.25, 0.3) is 0 Å². The Labute approximate surface area is 238 Å². The molecule has 0 heterocycles. The minimum absolute atomic E-state index is 0.0354. The summed E-state index contributed by atoms with van der Waals surface area (Å²) in [6.07, 6.45) is 5.93. The predicted octanol–water partition coefficient (Wildman–Crippen LogP) is 5.93. The molecule has 1 aliphatic rings. The fourth-order valence-electron chi connectivity index (χ4n) is 4.26. The number of nitrogens with one attached hydrogen (secondary N) is 1. The minimum Gasteiger partial charge on any atom is -0.352 e. The smallest absolute Gasteiger partial charge is 0.244 e. The molecule has 37 heavy (non-hydrogen) atoms. The van der Waals surface area contributed by atoms with Gasteiger partial charge in [-0.25, -0.2) is 8.42 Å². The molecule has 0 bridgehead atoms. The standard InChI is InChI=1S/C25H29Cl4N3O4S/c1-16(25(34)30-17-7-4-3-5-8-17)31(14-19-20(26)9-6-10-21(19)27)24(33)15-32(37(2,35)36)18-11-12-22(28)23(29)13-18/h6,9-13,16-17H,3-5,7-8,14-15H2,1-2H3,(H,30,34)/t16-/m0/s1. The van der Waals surface area contributed by atoms with E-state index in [1.165, 1.54) is 23.1 Å². The van der Waals surface area contributed by atoms with Gasteiger partial charge >= 0.3 is 0 Å². The van der Waals surface area contributed by atoms with Gasteiger partial charge < -0.3 is 10.2 Å². The van der Waals surface area contributed by atoms with Gasteiger partial charge in [0.15, 0.2) is 0 Å². The molecule has 3 rings (SSSR count). The molecule has 0 unspecified atom stereocenters. The van der Waals surface area contributed by atoms with Crippen LogP contribution in [0.25, 0.3) is 0 Å². The molecule has 2 aromatic rings. The number of anilines is 1. The second kappa shape index (κ2) is 12.9. The van der Waals surface area contributed by atoms with E-state index in [-0.39, 0.29) is 34.2 Å². The van der Waals surface area contributed by atoms with E-state index in [9.17, 15) is 18.0 Å². The third-order valence-electron chi connectivity index (χ3n) is 6.38. The molecule has 0 aromatic heterocycles. The van der Waals surface area contributed by atoms with E-state index in [0.717, 1.165) is 42.7 Å². The lowest BCUT2D eigenvalue weighted by atomic mass is 9.95. The highest BCUT2D eigenvalue weighted by atomic mass is 35.5. The molecule has 1 atom stereocenters. The van der Waals surface area contributed by atoms with Crippen LogP contribution in [0.2, 0.25) is 20.1 Å². The number of sulfonamides is 1. The number of halogens is 4. The Hall–Kier alpha value is -1.71. The van der Waals surface area contributed by atoms with Crippen LogP contribution in [0.1, 0.15) is 44.6 Å². The van der Waals surface area contributed by atoms with Crippen molar-refractivity contribution in [2.24, 2.45) is 0 Å². The predicted molar refractivity (Wildman–Crippen MR) is 150 cm³/mol. The van der Waals surface area contributed by atoms with Crippen molar-refractivity contribution in [3.05, 3.63) is 62.1 Å². The number of amides is 2. The number of carbonyl (C=O) groups is 2. The minimum atomic E-state index is -3.90. The van der Waals surface area contributed by atoms with Crippen LogP contribution in [-0.2, 0) is 26.2 Å². The summed E-state index contributed by atoms with van der Waals surface area (Å²) in [5, 5.41) is 4.07. The van der Waals surface area contributed by atoms with Crippen molar-refractivity contribution in [2.45, 2.75) is 57.7 Å². The highest BCUT2D eigenvalue weighted by molar-refractivity contribution is 7.92. The number of carbonyl (C=O) groups excluding carboxylic acids is 2. The van der Waals surface area contributed by atoms with Crippen molar-refractivity contribution in [1.29, 1.82) is 0 Å². The average molecular weight is 609 g/mol. The summed E-state index contributed by atoms with van der Waals surface area (Å²) < 4.78 is 26.3. The van der Waals surface area contributed by atoms with Gasteiger partial charge in [-0.3, -0.25) is 13.9 Å². The maximum atomic E-state index is 13.7. The highest BCUT2D eigenvalue weighted by Crippen LogP contribution is 2.30. The summed E-state index contributed by atoms with van der Waals surface area (Å²) in [6.45, 7) is 0.945. The Morgan fingerprint density at radius 3 is 2.16 bits per heavy atom. The van der Waals surface area contributed by atoms with Crippen molar-refractivity contribution in [2.75, 3.05) is 17.1 Å². The molecule has 2 amide bonds. The second-order valence-corrected chi connectivity index (χ2v) is 12.6. The summed E-state index contributed by atoms with van der Waals surface area (Å²) in [4.78, 5) is 28.2. The number of hydrogen-bond donors (Lipinski definition) is 1. The first-order chi connectivity index (χ1) is 17.4. The molecule has 12 heteroatoms. The summed E-state index contributed by atoms with van der Waals surface area (Å²) in [7, 11) is -3.90. The fourth-order valence-corrected chi connectivity index (χ4v) is 5.91. The normalized spacial score (nSPS) is 15.2. The van der Waals surface area contributed by atoms with Crippen molar-refractivity contribution >= 4 is 73.9 Å². The third kappa shape index (κ3) is 7.90. The van der Waals surface area contributed by atoms with Crippen LogP contribution in [-0.4, -0.2) is 50.0 Å². The molecule has 0 saturated heterocycles. The first kappa shape index (κ1) is 29.8. The van der Waals surface area contributed by atoms with Crippen LogP contribution in [0, 0.1) is 0 Å². The molecule has 1 fully saturated rings. The zero-order valence-electron chi connectivity index (χ0n) is 20.5. The van der Waals surface area contributed by atoms with E-state index in [4.69, 9.17) is 46.4 Å². The molecular formula is C25H29Cl4N3O4S. The maximum absolute atomic E-state index is 13.7. The zero-order chi connectivity index (χ0) is 27.3. The summed E-state index contributed by atoms with van der Waals surface area (Å²) in [6, 6.07) is 8.33. The van der Waals surface area contributed by atoms with Gasteiger partial charge in [0.2, 0.25) is 21.8 Å². The SMILES string of the molecule is C[C@@H](C(=O)NC1CCCCC1)N(Cc1c(Cl)cccc1Cl)C(=O)CN(c1ccc(Cl)c(Cl)c1)S(C)(=O)=O. The van der Waals surface area contributed by atoms with Crippen LogP contribution in [0.3, 0.4) is 0 Å². The van der Waals surface area contributed by atoms with Crippen LogP contribution in [0.5, 0.6) is 0 Å². The Morgan fingerprint density at radius 2 is 1.59 bits per heavy atom. The van der Waals surface area contributed by atoms with Gasteiger partial charge in [0.05, 0.1) is 22.0 Å². The lowest BCUT2D eigenvalue weighted by molar-refractivity contribution is -0.139. The van der Waals surface area contributed by atoms with Crippen molar-refractivity contribution < 1.29 is 18.0 Å². The summed E-state index contributed by atoms with van der Waals surface area (Å²) >= 11 is 24.8. The maximum Gasteiger partial charge on any atom is 0.244 e. The van der Waals surface area contributed by atoms with Crippen molar-refractivity contribution in [3.63, 3.8) is 0 Å². The largest absolute Gasteiger partial charge is 0.352 e. The van der Waals surface area contributed by atoms with Crippen LogP contribution >= 0.6 is 46.4 Å². The monoisotopic (exact) mass is 607 g/mol. The molecule has 1 saturated carbocycles. The summed E-state index contributed by atoms with van der Waals surface area (Å²) in [5.74, 6) is -0.942. The van der Waals surface area contributed by atoms with E-state index in [2.05, 4.69) is 5.32 Å². The Balaban J connectivity index is 1.93. The Kier molecular flexibility index (Phi) is 10.4. The third-order valence-corrected chi connectivity index (χ3v) is 8.97. The van der Waals surface area contributed by atoms with Gasteiger partial charge in [0.1, 0.15) is 12.6 Å². The lowest BCUT2D eigenvalue weighted by Gasteiger charge is -2.33. The first-order valence-electron chi connectivity index (χ1n) is 11.8. The number of nitrogens with zero attached hydrogens (tertiary/aromatic N) is 2. The summed E-state index contributed by atoms with van der Waals surface area (Å²) in [5.41, 5.74) is 0.622. The quantitative estimate of drug-likeness (QED) is 0.382. The van der Waals surface area contributed by atoms with Crippen LogP contribution in [0.4, 0.5) is 5.69 Å². The second-order valence-electron chi connectivity index (χ2n) is 9.11. The average Bonchev–Trinajstić information content (AvgIpc) is 2.83. The van der Waals surface area contributed by atoms with Crippen molar-refractivity contribution in [1.82, 2.24) is 10.2 Å².